The molecule has 0 aliphatic carbocycles. The van der Waals surface area contributed by atoms with Gasteiger partial charge in [-0.05, 0) is 46.5 Å². The zero-order valence-electron chi connectivity index (χ0n) is 13.3. The maximum atomic E-state index is 12.2. The number of nitrogens with zero attached hydrogens (tertiary/aromatic N) is 1. The quantitative estimate of drug-likeness (QED) is 0.806. The Morgan fingerprint density at radius 1 is 1.20 bits per heavy atom. The van der Waals surface area contributed by atoms with E-state index in [1.165, 1.54) is 0 Å². The zero-order valence-corrected chi connectivity index (χ0v) is 13.3. The molecule has 0 aromatic rings. The van der Waals surface area contributed by atoms with E-state index in [4.69, 9.17) is 0 Å². The molecule has 1 saturated heterocycles. The molecule has 1 fully saturated rings. The van der Waals surface area contributed by atoms with E-state index in [1.807, 2.05) is 18.7 Å². The Bertz CT molecular complexity index is 369. The molecule has 0 bridgehead atoms. The molecule has 5 nitrogen and oxygen atoms in total. The summed E-state index contributed by atoms with van der Waals surface area (Å²) in [6, 6.07) is 0. The predicted molar refractivity (Wildman–Crippen MR) is 78.5 cm³/mol. The van der Waals surface area contributed by atoms with Gasteiger partial charge >= 0.3 is 5.97 Å². The minimum absolute atomic E-state index is 0.0613. The summed E-state index contributed by atoms with van der Waals surface area (Å²) in [5.41, 5.74) is -1.60. The number of carboxylic acids is 1. The summed E-state index contributed by atoms with van der Waals surface area (Å²) in [7, 11) is 0. The van der Waals surface area contributed by atoms with Crippen LogP contribution >= 0.6 is 0 Å². The van der Waals surface area contributed by atoms with Crippen molar-refractivity contribution in [2.75, 3.05) is 19.6 Å². The zero-order chi connectivity index (χ0) is 15.6. The summed E-state index contributed by atoms with van der Waals surface area (Å²) >= 11 is 0. The van der Waals surface area contributed by atoms with Gasteiger partial charge in [-0.25, -0.2) is 0 Å². The summed E-state index contributed by atoms with van der Waals surface area (Å²) in [6.45, 7) is 11.0. The van der Waals surface area contributed by atoms with Crippen LogP contribution in [0.4, 0.5) is 0 Å². The van der Waals surface area contributed by atoms with Crippen molar-refractivity contribution in [3.05, 3.63) is 0 Å². The van der Waals surface area contributed by atoms with Crippen LogP contribution in [0.2, 0.25) is 0 Å². The Morgan fingerprint density at radius 2 is 1.70 bits per heavy atom. The fourth-order valence-corrected chi connectivity index (χ4v) is 2.15. The molecular weight excluding hydrogens is 256 g/mol. The number of hydrogen-bond donors (Lipinski definition) is 2. The highest BCUT2D eigenvalue weighted by Gasteiger charge is 2.43. The van der Waals surface area contributed by atoms with E-state index in [9.17, 15) is 14.7 Å². The summed E-state index contributed by atoms with van der Waals surface area (Å²) in [4.78, 5) is 25.4. The largest absolute Gasteiger partial charge is 0.481 e. The molecule has 0 aromatic heterocycles. The topological polar surface area (TPSA) is 69.6 Å². The van der Waals surface area contributed by atoms with Gasteiger partial charge in [0.2, 0.25) is 5.91 Å². The van der Waals surface area contributed by atoms with Gasteiger partial charge < -0.3 is 15.3 Å². The predicted octanol–water partition coefficient (Wildman–Crippen LogP) is 1.72. The third-order valence-corrected chi connectivity index (χ3v) is 4.92. The van der Waals surface area contributed by atoms with E-state index < -0.39 is 16.9 Å². The first kappa shape index (κ1) is 17.0. The number of likely N-dealkylation sites (tertiary alicyclic amines) is 1. The minimum atomic E-state index is -0.941. The van der Waals surface area contributed by atoms with Crippen LogP contribution in [0.25, 0.3) is 0 Å². The van der Waals surface area contributed by atoms with E-state index in [-0.39, 0.29) is 12.5 Å². The second-order valence-corrected chi connectivity index (χ2v) is 6.97. The number of rotatable bonds is 5. The van der Waals surface area contributed by atoms with Crippen molar-refractivity contribution in [3.63, 3.8) is 0 Å². The molecule has 0 radical (unpaired) electrons. The number of piperidine rings is 1. The van der Waals surface area contributed by atoms with Gasteiger partial charge in [-0.2, -0.15) is 0 Å². The number of carboxylic acid groups (broad SMARTS) is 1. The highest BCUT2D eigenvalue weighted by Crippen LogP contribution is 2.30. The van der Waals surface area contributed by atoms with Gasteiger partial charge in [0.15, 0.2) is 0 Å². The summed E-state index contributed by atoms with van der Waals surface area (Å²) in [5.74, 6) is -0.116. The van der Waals surface area contributed by atoms with Crippen LogP contribution in [-0.4, -0.2) is 47.1 Å². The van der Waals surface area contributed by atoms with Gasteiger partial charge in [-0.1, -0.05) is 6.92 Å². The third kappa shape index (κ3) is 3.72. The van der Waals surface area contributed by atoms with E-state index in [2.05, 4.69) is 12.2 Å². The van der Waals surface area contributed by atoms with Crippen molar-refractivity contribution in [1.82, 2.24) is 10.2 Å². The van der Waals surface area contributed by atoms with Crippen LogP contribution in [0.3, 0.4) is 0 Å². The minimum Gasteiger partial charge on any atom is -0.481 e. The molecule has 1 heterocycles. The normalized spacial score (nSPS) is 18.1. The van der Waals surface area contributed by atoms with Crippen LogP contribution in [0, 0.1) is 11.3 Å². The average Bonchev–Trinajstić information content (AvgIpc) is 2.36. The maximum absolute atomic E-state index is 12.2. The number of carbonyl (C=O) groups is 2. The van der Waals surface area contributed by atoms with E-state index in [0.29, 0.717) is 5.92 Å². The van der Waals surface area contributed by atoms with Gasteiger partial charge in [0, 0.05) is 18.6 Å². The highest BCUT2D eigenvalue weighted by atomic mass is 16.4. The van der Waals surface area contributed by atoms with Crippen molar-refractivity contribution < 1.29 is 14.7 Å². The molecule has 2 N–H and O–H groups in total. The van der Waals surface area contributed by atoms with E-state index in [0.717, 1.165) is 25.9 Å². The molecule has 5 heteroatoms. The van der Waals surface area contributed by atoms with Gasteiger partial charge in [-0.15, -0.1) is 0 Å². The maximum Gasteiger partial charge on any atom is 0.310 e. The third-order valence-electron chi connectivity index (χ3n) is 4.92. The van der Waals surface area contributed by atoms with Crippen LogP contribution in [0.15, 0.2) is 0 Å². The Labute approximate surface area is 121 Å². The Hall–Kier alpha value is -1.10. The molecular formula is C15H28N2O3. The first-order valence-corrected chi connectivity index (χ1v) is 7.34. The van der Waals surface area contributed by atoms with Gasteiger partial charge in [0.05, 0.1) is 12.0 Å². The van der Waals surface area contributed by atoms with Crippen molar-refractivity contribution in [3.8, 4) is 0 Å². The number of aliphatic carboxylic acids is 1. The number of amides is 1. The van der Waals surface area contributed by atoms with E-state index >= 15 is 0 Å². The molecule has 0 saturated carbocycles. The van der Waals surface area contributed by atoms with Gasteiger partial charge in [0.25, 0.3) is 0 Å². The summed E-state index contributed by atoms with van der Waals surface area (Å²) in [6.07, 6.45) is 2.10. The number of nitrogens with one attached hydrogen (secondary N) is 1. The Morgan fingerprint density at radius 3 is 2.15 bits per heavy atom. The van der Waals surface area contributed by atoms with Crippen LogP contribution in [-0.2, 0) is 9.59 Å². The second-order valence-electron chi connectivity index (χ2n) is 6.97. The lowest BCUT2D eigenvalue weighted by molar-refractivity contribution is -0.151. The van der Waals surface area contributed by atoms with E-state index in [1.54, 1.807) is 13.8 Å². The highest BCUT2D eigenvalue weighted by molar-refractivity contribution is 5.79. The SMILES string of the molecule is CC1CCN(C(=O)CNC(C)(C)C(C)(C)C(=O)O)CC1. The Kier molecular flexibility index (Phi) is 5.19. The molecule has 0 spiro atoms. The van der Waals surface area contributed by atoms with Crippen LogP contribution in [0.5, 0.6) is 0 Å². The molecule has 1 aliphatic rings. The lowest BCUT2D eigenvalue weighted by Crippen LogP contribution is -2.57. The Balaban J connectivity index is 2.54. The lowest BCUT2D eigenvalue weighted by atomic mass is 9.74. The first-order valence-electron chi connectivity index (χ1n) is 7.34. The molecule has 0 unspecified atom stereocenters. The first-order chi connectivity index (χ1) is 9.08. The smallest absolute Gasteiger partial charge is 0.310 e. The van der Waals surface area contributed by atoms with Crippen molar-refractivity contribution >= 4 is 11.9 Å². The van der Waals surface area contributed by atoms with Crippen LogP contribution in [0.1, 0.15) is 47.5 Å². The van der Waals surface area contributed by atoms with Crippen molar-refractivity contribution in [2.24, 2.45) is 11.3 Å². The average molecular weight is 284 g/mol. The standard InChI is InChI=1S/C15H28N2O3/c1-11-6-8-17(9-7-11)12(18)10-16-15(4,5)14(2,3)13(19)20/h11,16H,6-10H2,1-5H3,(H,19,20). The van der Waals surface area contributed by atoms with Crippen molar-refractivity contribution in [1.29, 1.82) is 0 Å². The number of carbonyl (C=O) groups excluding carboxylic acids is 1. The van der Waals surface area contributed by atoms with Crippen LogP contribution < -0.4 is 5.32 Å². The molecule has 1 amide bonds. The van der Waals surface area contributed by atoms with Gasteiger partial charge in [-0.3, -0.25) is 9.59 Å². The second kappa shape index (κ2) is 6.12. The molecule has 0 aromatic carbocycles. The fraction of sp³-hybridized carbons (Fsp3) is 0.867. The molecule has 1 rings (SSSR count). The fourth-order valence-electron chi connectivity index (χ4n) is 2.15. The van der Waals surface area contributed by atoms with Gasteiger partial charge in [0.1, 0.15) is 0 Å². The summed E-state index contributed by atoms with van der Waals surface area (Å²) < 4.78 is 0. The molecule has 1 aliphatic heterocycles. The number of hydrogen-bond acceptors (Lipinski definition) is 3. The molecule has 20 heavy (non-hydrogen) atoms. The summed E-state index contributed by atoms with van der Waals surface area (Å²) in [5, 5.41) is 12.4. The molecule has 116 valence electrons. The van der Waals surface area contributed by atoms with Crippen molar-refractivity contribution in [2.45, 2.75) is 53.0 Å². The lowest BCUT2D eigenvalue weighted by Gasteiger charge is -2.39. The monoisotopic (exact) mass is 284 g/mol. The molecule has 0 atom stereocenters.